The maximum atomic E-state index is 13.9. The van der Waals surface area contributed by atoms with Crippen LogP contribution in [0.15, 0.2) is 70.5 Å². The molecule has 0 aromatic heterocycles. The van der Waals surface area contributed by atoms with E-state index < -0.39 is 44.3 Å². The van der Waals surface area contributed by atoms with Crippen LogP contribution < -0.4 is 19.5 Å². The Balaban J connectivity index is 1.55. The summed E-state index contributed by atoms with van der Waals surface area (Å²) in [6.07, 6.45) is -0.474. The van der Waals surface area contributed by atoms with Gasteiger partial charge < -0.3 is 9.47 Å². The molecule has 0 bridgehead atoms. The first-order chi connectivity index (χ1) is 18.4. The lowest BCUT2D eigenvalue weighted by molar-refractivity contribution is -0.122. The maximum absolute atomic E-state index is 13.9. The zero-order valence-electron chi connectivity index (χ0n) is 19.8. The van der Waals surface area contributed by atoms with Crippen molar-refractivity contribution in [3.8, 4) is 11.5 Å². The van der Waals surface area contributed by atoms with E-state index in [0.29, 0.717) is 17.1 Å². The third-order valence-corrected chi connectivity index (χ3v) is 9.65. The topological polar surface area (TPSA) is 153 Å². The SMILES string of the molecule is NS(=O)(=O)c1ccc(N2C(=O)CC(N(Cc3ccc4c(c3)OCO4)S(=O)(=O)c3cc(Cl)ccc3Cl)C2=O)cc1. The molecule has 3 aromatic carbocycles. The third-order valence-electron chi connectivity index (χ3n) is 6.15. The van der Waals surface area contributed by atoms with Crippen molar-refractivity contribution in [3.63, 3.8) is 0 Å². The van der Waals surface area contributed by atoms with Crippen molar-refractivity contribution in [1.82, 2.24) is 4.31 Å². The van der Waals surface area contributed by atoms with Crippen LogP contribution in [0, 0.1) is 0 Å². The quantitative estimate of drug-likeness (QED) is 0.400. The summed E-state index contributed by atoms with van der Waals surface area (Å²) >= 11 is 12.3. The van der Waals surface area contributed by atoms with Crippen molar-refractivity contribution in [2.45, 2.75) is 28.8 Å². The number of benzene rings is 3. The number of rotatable bonds is 7. The number of nitrogens with zero attached hydrogens (tertiary/aromatic N) is 2. The van der Waals surface area contributed by atoms with Crippen molar-refractivity contribution >= 4 is 60.8 Å². The summed E-state index contributed by atoms with van der Waals surface area (Å²) in [4.78, 5) is 26.9. The smallest absolute Gasteiger partial charge is 0.252 e. The van der Waals surface area contributed by atoms with Gasteiger partial charge in [-0.05, 0) is 60.2 Å². The van der Waals surface area contributed by atoms with E-state index in [1.165, 1.54) is 24.3 Å². The second-order valence-corrected chi connectivity index (χ2v) is 12.9. The number of imide groups is 1. The second-order valence-electron chi connectivity index (χ2n) is 8.64. The van der Waals surface area contributed by atoms with E-state index in [4.69, 9.17) is 37.8 Å². The number of anilines is 1. The van der Waals surface area contributed by atoms with Crippen LogP contribution in [0.3, 0.4) is 0 Å². The molecular formula is C24H19Cl2N3O8S2. The first-order valence-corrected chi connectivity index (χ1v) is 15.0. The van der Waals surface area contributed by atoms with Gasteiger partial charge in [0.25, 0.3) is 5.91 Å². The standard InChI is InChI=1S/C24H19Cl2N3O8S2/c25-15-2-7-18(26)22(10-15)39(34,35)28(12-14-1-8-20-21(9-14)37-13-36-20)19-11-23(30)29(24(19)31)16-3-5-17(6-4-16)38(27,32)33/h1-10,19H,11-13H2,(H2,27,32,33). The van der Waals surface area contributed by atoms with Gasteiger partial charge in [-0.15, -0.1) is 0 Å². The van der Waals surface area contributed by atoms with E-state index in [1.807, 2.05) is 0 Å². The van der Waals surface area contributed by atoms with Crippen LogP contribution >= 0.6 is 23.2 Å². The average molecular weight is 612 g/mol. The lowest BCUT2D eigenvalue weighted by atomic mass is 10.1. The molecule has 2 aliphatic heterocycles. The molecule has 1 fully saturated rings. The van der Waals surface area contributed by atoms with Crippen molar-refractivity contribution in [2.75, 3.05) is 11.7 Å². The van der Waals surface area contributed by atoms with Crippen molar-refractivity contribution in [2.24, 2.45) is 5.14 Å². The molecule has 2 N–H and O–H groups in total. The summed E-state index contributed by atoms with van der Waals surface area (Å²) in [5, 5.41) is 5.10. The van der Waals surface area contributed by atoms with E-state index in [9.17, 15) is 26.4 Å². The van der Waals surface area contributed by atoms with Crippen LogP contribution in [0.5, 0.6) is 11.5 Å². The summed E-state index contributed by atoms with van der Waals surface area (Å²) in [6, 6.07) is 12.0. The van der Waals surface area contributed by atoms with Crippen molar-refractivity contribution in [3.05, 3.63) is 76.3 Å². The highest BCUT2D eigenvalue weighted by Crippen LogP contribution is 2.37. The van der Waals surface area contributed by atoms with Gasteiger partial charge in [0, 0.05) is 11.6 Å². The molecule has 1 unspecified atom stereocenters. The molecular weight excluding hydrogens is 593 g/mol. The van der Waals surface area contributed by atoms with Gasteiger partial charge in [0.1, 0.15) is 10.9 Å². The zero-order chi connectivity index (χ0) is 28.1. The fourth-order valence-corrected chi connectivity index (χ4v) is 7.10. The van der Waals surface area contributed by atoms with Crippen LogP contribution in [-0.2, 0) is 36.2 Å². The monoisotopic (exact) mass is 611 g/mol. The van der Waals surface area contributed by atoms with E-state index >= 15 is 0 Å². The summed E-state index contributed by atoms with van der Waals surface area (Å²) in [5.74, 6) is -0.634. The van der Waals surface area contributed by atoms with Crippen LogP contribution in [0.2, 0.25) is 10.0 Å². The molecule has 0 spiro atoms. The Bertz CT molecular complexity index is 1710. The summed E-state index contributed by atoms with van der Waals surface area (Å²) in [7, 11) is -8.50. The Morgan fingerprint density at radius 2 is 1.62 bits per heavy atom. The highest BCUT2D eigenvalue weighted by atomic mass is 35.5. The van der Waals surface area contributed by atoms with Crippen LogP contribution in [0.4, 0.5) is 5.69 Å². The largest absolute Gasteiger partial charge is 0.454 e. The molecule has 3 aromatic rings. The summed E-state index contributed by atoms with van der Waals surface area (Å²) < 4.78 is 62.7. The van der Waals surface area contributed by atoms with Gasteiger partial charge in [-0.3, -0.25) is 9.59 Å². The van der Waals surface area contributed by atoms with Gasteiger partial charge in [0.05, 0.1) is 22.0 Å². The number of halogens is 2. The third kappa shape index (κ3) is 5.21. The van der Waals surface area contributed by atoms with Gasteiger partial charge in [0.2, 0.25) is 32.7 Å². The predicted octanol–water partition coefficient (Wildman–Crippen LogP) is 2.89. The number of carbonyl (C=O) groups is 2. The van der Waals surface area contributed by atoms with Crippen molar-refractivity contribution < 1.29 is 35.9 Å². The number of ether oxygens (including phenoxy) is 2. The Labute approximate surface area is 233 Å². The second kappa shape index (κ2) is 10.1. The summed E-state index contributed by atoms with van der Waals surface area (Å²) in [5.41, 5.74) is 0.512. The Morgan fingerprint density at radius 1 is 0.923 bits per heavy atom. The molecule has 15 heteroatoms. The molecule has 204 valence electrons. The van der Waals surface area contributed by atoms with E-state index in [2.05, 4.69) is 0 Å². The number of fused-ring (bicyclic) bond motifs is 1. The molecule has 2 amide bonds. The lowest BCUT2D eigenvalue weighted by Crippen LogP contribution is -2.45. The fourth-order valence-electron chi connectivity index (χ4n) is 4.28. The van der Waals surface area contributed by atoms with Crippen LogP contribution in [-0.4, -0.2) is 45.8 Å². The zero-order valence-corrected chi connectivity index (χ0v) is 22.9. The van der Waals surface area contributed by atoms with E-state index in [1.54, 1.807) is 18.2 Å². The number of carbonyl (C=O) groups excluding carboxylic acids is 2. The fraction of sp³-hybridized carbons (Fsp3) is 0.167. The van der Waals surface area contributed by atoms with Gasteiger partial charge in [-0.25, -0.2) is 26.9 Å². The van der Waals surface area contributed by atoms with Crippen molar-refractivity contribution in [1.29, 1.82) is 0 Å². The van der Waals surface area contributed by atoms with E-state index in [0.717, 1.165) is 27.4 Å². The molecule has 39 heavy (non-hydrogen) atoms. The highest BCUT2D eigenvalue weighted by Gasteiger charge is 2.47. The normalized spacial score (nSPS) is 17.3. The number of hydrogen-bond donors (Lipinski definition) is 1. The Morgan fingerprint density at radius 3 is 2.31 bits per heavy atom. The maximum Gasteiger partial charge on any atom is 0.252 e. The van der Waals surface area contributed by atoms with Gasteiger partial charge in [-0.2, -0.15) is 4.31 Å². The number of sulfonamides is 2. The molecule has 0 aliphatic carbocycles. The van der Waals surface area contributed by atoms with Gasteiger partial charge in [-0.1, -0.05) is 29.3 Å². The lowest BCUT2D eigenvalue weighted by Gasteiger charge is -2.27. The minimum absolute atomic E-state index is 0.00768. The van der Waals surface area contributed by atoms with Crippen LogP contribution in [0.1, 0.15) is 12.0 Å². The number of primary sulfonamides is 1. The summed E-state index contributed by atoms with van der Waals surface area (Å²) in [6.45, 7) is -0.308. The number of nitrogens with two attached hydrogens (primary N) is 1. The minimum atomic E-state index is -4.49. The highest BCUT2D eigenvalue weighted by molar-refractivity contribution is 7.89. The average Bonchev–Trinajstić information content (AvgIpc) is 3.46. The predicted molar refractivity (Wildman–Crippen MR) is 140 cm³/mol. The van der Waals surface area contributed by atoms with Gasteiger partial charge in [0.15, 0.2) is 11.5 Å². The molecule has 0 radical (unpaired) electrons. The molecule has 2 aliphatic rings. The minimum Gasteiger partial charge on any atom is -0.454 e. The molecule has 1 atom stereocenters. The molecule has 0 saturated carbocycles. The molecule has 5 rings (SSSR count). The Hall–Kier alpha value is -3.20. The first kappa shape index (κ1) is 27.4. The molecule has 11 nitrogen and oxygen atoms in total. The van der Waals surface area contributed by atoms with Crippen LogP contribution in [0.25, 0.3) is 0 Å². The Kier molecular flexibility index (Phi) is 7.07. The van der Waals surface area contributed by atoms with E-state index in [-0.39, 0.29) is 38.9 Å². The molecule has 1 saturated heterocycles. The number of amides is 2. The van der Waals surface area contributed by atoms with Gasteiger partial charge >= 0.3 is 0 Å². The molecule has 2 heterocycles. The first-order valence-electron chi connectivity index (χ1n) is 11.2. The number of hydrogen-bond acceptors (Lipinski definition) is 8.